The second-order valence-corrected chi connectivity index (χ2v) is 8.44. The molecule has 0 fully saturated rings. The first-order valence-electron chi connectivity index (χ1n) is 11.6. The second kappa shape index (κ2) is 21.6. The van der Waals surface area contributed by atoms with Crippen LogP contribution in [0.5, 0.6) is 0 Å². The van der Waals surface area contributed by atoms with Crippen molar-refractivity contribution in [2.45, 2.75) is 93.7 Å². The first-order valence-corrected chi connectivity index (χ1v) is 11.6. The van der Waals surface area contributed by atoms with Gasteiger partial charge in [-0.15, -0.1) is 0 Å². The quantitative estimate of drug-likeness (QED) is 0.450. The predicted molar refractivity (Wildman–Crippen MR) is 132 cm³/mol. The second-order valence-electron chi connectivity index (χ2n) is 8.44. The van der Waals surface area contributed by atoms with Gasteiger partial charge in [-0.1, -0.05) is 58.4 Å². The molecule has 1 rings (SSSR count). The number of nitrogens with one attached hydrogen (secondary N) is 1. The summed E-state index contributed by atoms with van der Waals surface area (Å²) in [4.78, 5) is 31.5. The molecule has 182 valence electrons. The van der Waals surface area contributed by atoms with Crippen molar-refractivity contribution in [3.8, 4) is 0 Å². The van der Waals surface area contributed by atoms with Gasteiger partial charge in [0.25, 0.3) is 0 Å². The maximum Gasteiger partial charge on any atom is 0.136 e. The lowest BCUT2D eigenvalue weighted by Crippen LogP contribution is -2.33. The summed E-state index contributed by atoms with van der Waals surface area (Å²) in [5.41, 5.74) is 1.10. The zero-order chi connectivity index (χ0) is 24.9. The molecule has 0 amide bonds. The van der Waals surface area contributed by atoms with Crippen molar-refractivity contribution in [3.05, 3.63) is 23.8 Å². The van der Waals surface area contributed by atoms with Crippen molar-refractivity contribution in [2.75, 3.05) is 13.7 Å². The van der Waals surface area contributed by atoms with E-state index < -0.39 is 0 Å². The van der Waals surface area contributed by atoms with E-state index in [0.29, 0.717) is 18.6 Å². The standard InChI is InChI=1S/C10H19NO2.C10H14O.C4H10O.C2H6/c1-8(2)4-10(7-13)5-11-9(3)6-12;1-3-9-4-6-10(2,8-11)7-5-9;1-4(2)5-3;1-2/h6-11H,4-5H2,1-3H3;4-6,8H,3,7H2,1-2H3;4H,1-3H3;1-2H3/t;10-;;/m.0../s1. The molecule has 3 atom stereocenters. The molecule has 0 aromatic rings. The Kier molecular flexibility index (Phi) is 23.8. The Bertz CT molecular complexity index is 512. The summed E-state index contributed by atoms with van der Waals surface area (Å²) in [7, 11) is 1.70. The average molecular weight is 440 g/mol. The van der Waals surface area contributed by atoms with E-state index in [1.807, 2.05) is 40.7 Å². The third-order valence-electron chi connectivity index (χ3n) is 4.50. The average Bonchev–Trinajstić information content (AvgIpc) is 2.78. The number of allylic oxidation sites excluding steroid dienone is 4. The fourth-order valence-electron chi connectivity index (χ4n) is 2.31. The SMILES string of the molecule is CC.CC(C)CC(C=O)CNC(C)C=O.CCC1=CC[C@@](C)(C=O)C=C1.COC(C)C. The highest BCUT2D eigenvalue weighted by molar-refractivity contribution is 5.63. The molecule has 0 aromatic carbocycles. The van der Waals surface area contributed by atoms with E-state index in [1.165, 1.54) is 5.57 Å². The van der Waals surface area contributed by atoms with Crippen molar-refractivity contribution in [1.29, 1.82) is 0 Å². The molecule has 0 heterocycles. The fraction of sp³-hybridized carbons (Fsp3) is 0.731. The highest BCUT2D eigenvalue weighted by Crippen LogP contribution is 2.27. The number of rotatable bonds is 10. The Balaban J connectivity index is -0.000000393. The van der Waals surface area contributed by atoms with E-state index >= 15 is 0 Å². The molecular formula is C26H49NO4. The van der Waals surface area contributed by atoms with Gasteiger partial charge in [-0.25, -0.2) is 0 Å². The van der Waals surface area contributed by atoms with Crippen LogP contribution in [0.4, 0.5) is 0 Å². The van der Waals surface area contributed by atoms with Gasteiger partial charge in [-0.05, 0) is 52.9 Å². The topological polar surface area (TPSA) is 72.5 Å². The third-order valence-corrected chi connectivity index (χ3v) is 4.50. The lowest BCUT2D eigenvalue weighted by Gasteiger charge is -2.20. The number of aldehydes is 3. The molecule has 0 bridgehead atoms. The Morgan fingerprint density at radius 1 is 1.10 bits per heavy atom. The lowest BCUT2D eigenvalue weighted by molar-refractivity contribution is -0.113. The highest BCUT2D eigenvalue weighted by Gasteiger charge is 2.20. The van der Waals surface area contributed by atoms with Crippen LogP contribution in [-0.4, -0.2) is 44.7 Å². The van der Waals surface area contributed by atoms with Gasteiger partial charge in [-0.3, -0.25) is 0 Å². The largest absolute Gasteiger partial charge is 0.382 e. The molecular weight excluding hydrogens is 390 g/mol. The predicted octanol–water partition coefficient (Wildman–Crippen LogP) is 5.58. The van der Waals surface area contributed by atoms with Gasteiger partial charge in [0.1, 0.15) is 18.9 Å². The van der Waals surface area contributed by atoms with Crippen molar-refractivity contribution < 1.29 is 19.1 Å². The molecule has 5 heteroatoms. The van der Waals surface area contributed by atoms with Gasteiger partial charge in [0, 0.05) is 25.0 Å². The maximum absolute atomic E-state index is 10.6. The fourth-order valence-corrected chi connectivity index (χ4v) is 2.31. The number of hydrogen-bond acceptors (Lipinski definition) is 5. The Labute approximate surface area is 192 Å². The van der Waals surface area contributed by atoms with Crippen LogP contribution in [0.1, 0.15) is 81.6 Å². The molecule has 1 aliphatic carbocycles. The van der Waals surface area contributed by atoms with Crippen LogP contribution in [-0.2, 0) is 19.1 Å². The minimum absolute atomic E-state index is 0.0300. The summed E-state index contributed by atoms with van der Waals surface area (Å²) in [6.07, 6.45) is 12.2. The summed E-state index contributed by atoms with van der Waals surface area (Å²) >= 11 is 0. The zero-order valence-corrected chi connectivity index (χ0v) is 21.7. The van der Waals surface area contributed by atoms with Gasteiger partial charge in [-0.2, -0.15) is 0 Å². The Morgan fingerprint density at radius 2 is 1.65 bits per heavy atom. The Morgan fingerprint density at radius 3 is 1.94 bits per heavy atom. The van der Waals surface area contributed by atoms with Gasteiger partial charge in [0.2, 0.25) is 0 Å². The van der Waals surface area contributed by atoms with Crippen LogP contribution in [0.3, 0.4) is 0 Å². The number of ether oxygens (including phenoxy) is 1. The summed E-state index contributed by atoms with van der Waals surface area (Å²) in [5, 5.41) is 2.99. The molecule has 5 nitrogen and oxygen atoms in total. The van der Waals surface area contributed by atoms with E-state index in [2.05, 4.69) is 38.2 Å². The molecule has 0 radical (unpaired) electrons. The molecule has 0 aliphatic heterocycles. The van der Waals surface area contributed by atoms with Crippen molar-refractivity contribution >= 4 is 18.9 Å². The van der Waals surface area contributed by atoms with Crippen molar-refractivity contribution in [3.63, 3.8) is 0 Å². The van der Waals surface area contributed by atoms with E-state index in [4.69, 9.17) is 4.74 Å². The summed E-state index contributed by atoms with van der Waals surface area (Å²) in [5.74, 6) is 0.547. The van der Waals surface area contributed by atoms with E-state index in [1.54, 1.807) is 14.0 Å². The number of hydrogen-bond donors (Lipinski definition) is 1. The monoisotopic (exact) mass is 439 g/mol. The molecule has 2 unspecified atom stereocenters. The maximum atomic E-state index is 10.6. The van der Waals surface area contributed by atoms with Gasteiger partial charge in [0.05, 0.1) is 12.1 Å². The minimum Gasteiger partial charge on any atom is -0.382 e. The lowest BCUT2D eigenvalue weighted by atomic mass is 9.83. The van der Waals surface area contributed by atoms with Crippen LogP contribution in [0.15, 0.2) is 23.8 Å². The van der Waals surface area contributed by atoms with E-state index in [9.17, 15) is 14.4 Å². The van der Waals surface area contributed by atoms with Gasteiger partial charge < -0.3 is 24.4 Å². The molecule has 31 heavy (non-hydrogen) atoms. The smallest absolute Gasteiger partial charge is 0.136 e. The highest BCUT2D eigenvalue weighted by atomic mass is 16.5. The van der Waals surface area contributed by atoms with Crippen LogP contribution in [0.2, 0.25) is 0 Å². The van der Waals surface area contributed by atoms with Crippen molar-refractivity contribution in [1.82, 2.24) is 5.32 Å². The zero-order valence-electron chi connectivity index (χ0n) is 21.7. The normalized spacial score (nSPS) is 18.8. The Hall–Kier alpha value is -1.59. The van der Waals surface area contributed by atoms with Gasteiger partial charge >= 0.3 is 0 Å². The molecule has 1 aliphatic rings. The number of methoxy groups -OCH3 is 1. The molecule has 0 aromatic heterocycles. The van der Waals surface area contributed by atoms with Crippen LogP contribution >= 0.6 is 0 Å². The molecule has 0 saturated heterocycles. The molecule has 0 saturated carbocycles. The third kappa shape index (κ3) is 21.4. The first kappa shape index (κ1) is 34.0. The number of carbonyl (C=O) groups excluding carboxylic acids is 3. The van der Waals surface area contributed by atoms with E-state index in [-0.39, 0.29) is 17.4 Å². The van der Waals surface area contributed by atoms with Crippen LogP contribution < -0.4 is 5.32 Å². The summed E-state index contributed by atoms with van der Waals surface area (Å²) < 4.78 is 4.75. The van der Waals surface area contributed by atoms with Crippen LogP contribution in [0, 0.1) is 17.3 Å². The van der Waals surface area contributed by atoms with Gasteiger partial charge in [0.15, 0.2) is 0 Å². The first-order chi connectivity index (χ1) is 14.6. The van der Waals surface area contributed by atoms with Crippen LogP contribution in [0.25, 0.3) is 0 Å². The summed E-state index contributed by atoms with van der Waals surface area (Å²) in [6, 6.07) is -0.158. The van der Waals surface area contributed by atoms with E-state index in [0.717, 1.165) is 38.1 Å². The van der Waals surface area contributed by atoms with Crippen molar-refractivity contribution in [2.24, 2.45) is 17.3 Å². The summed E-state index contributed by atoms with van der Waals surface area (Å²) in [6.45, 7) is 18.6. The number of carbonyl (C=O) groups is 3. The minimum atomic E-state index is -0.237. The molecule has 1 N–H and O–H groups in total. The molecule has 0 spiro atoms.